The van der Waals surface area contributed by atoms with Gasteiger partial charge >= 0.3 is 0 Å². The number of carbonyl (C=O) groups excluding carboxylic acids is 1. The Hall–Kier alpha value is -1.63. The number of carbonyl (C=O) groups is 1. The monoisotopic (exact) mass is 213 g/mol. The molecule has 0 aliphatic carbocycles. The number of hydrogen-bond acceptors (Lipinski definition) is 5. The molecule has 1 aromatic heterocycles. The predicted octanol–water partition coefficient (Wildman–Crippen LogP) is -1.30. The molecule has 0 bridgehead atoms. The highest BCUT2D eigenvalue weighted by atomic mass is 16.3. The molecule has 3 N–H and O–H groups in total. The Bertz CT molecular complexity index is 325. The first-order valence-corrected chi connectivity index (χ1v) is 4.71. The highest BCUT2D eigenvalue weighted by Gasteiger charge is 2.11. The number of amides is 1. The van der Waals surface area contributed by atoms with E-state index in [2.05, 4.69) is 10.1 Å². The first kappa shape index (κ1) is 11.4. The van der Waals surface area contributed by atoms with E-state index in [1.54, 1.807) is 0 Å². The fourth-order valence-electron chi connectivity index (χ4n) is 1.20. The van der Waals surface area contributed by atoms with E-state index in [4.69, 9.17) is 10.8 Å². The lowest BCUT2D eigenvalue weighted by molar-refractivity contribution is -0.132. The van der Waals surface area contributed by atoms with Crippen molar-refractivity contribution in [1.29, 1.82) is 0 Å². The van der Waals surface area contributed by atoms with Crippen molar-refractivity contribution in [2.45, 2.75) is 13.5 Å². The van der Waals surface area contributed by atoms with Gasteiger partial charge in [-0.05, 0) is 6.92 Å². The number of aromatic nitrogens is 3. The molecule has 0 spiro atoms. The molecule has 15 heavy (non-hydrogen) atoms. The lowest BCUT2D eigenvalue weighted by Crippen LogP contribution is -2.35. The second-order valence-corrected chi connectivity index (χ2v) is 3.00. The average Bonchev–Trinajstić information content (AvgIpc) is 2.60. The van der Waals surface area contributed by atoms with Crippen LogP contribution in [0.25, 0.3) is 0 Å². The van der Waals surface area contributed by atoms with Crippen LogP contribution >= 0.6 is 0 Å². The van der Waals surface area contributed by atoms with E-state index in [1.165, 1.54) is 15.9 Å². The van der Waals surface area contributed by atoms with Gasteiger partial charge in [0.1, 0.15) is 12.9 Å². The molecule has 7 nitrogen and oxygen atoms in total. The quantitative estimate of drug-likeness (QED) is 0.633. The van der Waals surface area contributed by atoms with Gasteiger partial charge < -0.3 is 15.7 Å². The van der Waals surface area contributed by atoms with Gasteiger partial charge in [-0.15, -0.1) is 5.10 Å². The Kier molecular flexibility index (Phi) is 4.04. The predicted molar refractivity (Wildman–Crippen MR) is 53.8 cm³/mol. The van der Waals surface area contributed by atoms with Gasteiger partial charge in [-0.1, -0.05) is 0 Å². The summed E-state index contributed by atoms with van der Waals surface area (Å²) in [7, 11) is 0. The molecule has 0 saturated heterocycles. The summed E-state index contributed by atoms with van der Waals surface area (Å²) in [4.78, 5) is 16.9. The molecule has 0 aliphatic rings. The molecule has 1 amide bonds. The summed E-state index contributed by atoms with van der Waals surface area (Å²) in [6, 6.07) is 0. The summed E-state index contributed by atoms with van der Waals surface area (Å²) in [6.07, 6.45) is 1.40. The van der Waals surface area contributed by atoms with Crippen LogP contribution in [0.4, 0.5) is 5.95 Å². The molecule has 84 valence electrons. The maximum Gasteiger partial charge on any atom is 0.244 e. The standard InChI is InChI=1S/C8H15N5O2/c1-2-12(3-4-14)7(15)5-13-6-10-8(9)11-13/h6,14H,2-5H2,1H3,(H2,9,11). The first-order chi connectivity index (χ1) is 7.17. The van der Waals surface area contributed by atoms with Crippen LogP contribution in [-0.2, 0) is 11.3 Å². The second-order valence-electron chi connectivity index (χ2n) is 3.00. The van der Waals surface area contributed by atoms with Gasteiger partial charge in [0.05, 0.1) is 6.61 Å². The summed E-state index contributed by atoms with van der Waals surface area (Å²) < 4.78 is 1.37. The summed E-state index contributed by atoms with van der Waals surface area (Å²) in [5.41, 5.74) is 5.31. The molecular formula is C8H15N5O2. The molecule has 0 unspecified atom stereocenters. The van der Waals surface area contributed by atoms with Crippen molar-refractivity contribution in [2.24, 2.45) is 0 Å². The fourth-order valence-corrected chi connectivity index (χ4v) is 1.20. The number of nitrogens with two attached hydrogens (primary N) is 1. The lowest BCUT2D eigenvalue weighted by Gasteiger charge is -2.19. The average molecular weight is 213 g/mol. The number of anilines is 1. The van der Waals surface area contributed by atoms with Crippen LogP contribution in [0.3, 0.4) is 0 Å². The molecule has 0 atom stereocenters. The number of nitrogens with zero attached hydrogens (tertiary/aromatic N) is 4. The highest BCUT2D eigenvalue weighted by Crippen LogP contribution is 1.94. The number of aliphatic hydroxyl groups is 1. The van der Waals surface area contributed by atoms with E-state index in [9.17, 15) is 4.79 Å². The second kappa shape index (κ2) is 5.30. The van der Waals surface area contributed by atoms with E-state index in [0.29, 0.717) is 13.1 Å². The minimum atomic E-state index is -0.114. The molecule has 7 heteroatoms. The maximum atomic E-state index is 11.6. The highest BCUT2D eigenvalue weighted by molar-refractivity contribution is 5.75. The molecule has 0 aliphatic heterocycles. The van der Waals surface area contributed by atoms with Crippen LogP contribution in [0.1, 0.15) is 6.92 Å². The molecule has 0 saturated carbocycles. The van der Waals surface area contributed by atoms with Crippen molar-refractivity contribution in [1.82, 2.24) is 19.7 Å². The molecule has 1 aromatic rings. The summed E-state index contributed by atoms with van der Waals surface area (Å²) in [5.74, 6) is 0.0319. The fraction of sp³-hybridized carbons (Fsp3) is 0.625. The first-order valence-electron chi connectivity index (χ1n) is 4.71. The van der Waals surface area contributed by atoms with Crippen molar-refractivity contribution in [3.63, 3.8) is 0 Å². The van der Waals surface area contributed by atoms with Gasteiger partial charge in [-0.2, -0.15) is 0 Å². The summed E-state index contributed by atoms with van der Waals surface area (Å²) in [5, 5.41) is 12.5. The van der Waals surface area contributed by atoms with Crippen molar-refractivity contribution >= 4 is 11.9 Å². The van der Waals surface area contributed by atoms with Crippen LogP contribution in [0.2, 0.25) is 0 Å². The van der Waals surface area contributed by atoms with Crippen molar-refractivity contribution in [2.75, 3.05) is 25.4 Å². The minimum Gasteiger partial charge on any atom is -0.395 e. The molecular weight excluding hydrogens is 198 g/mol. The van der Waals surface area contributed by atoms with E-state index in [1.807, 2.05) is 6.92 Å². The third-order valence-corrected chi connectivity index (χ3v) is 1.96. The molecule has 0 fully saturated rings. The van der Waals surface area contributed by atoms with Gasteiger partial charge in [-0.3, -0.25) is 4.79 Å². The van der Waals surface area contributed by atoms with E-state index < -0.39 is 0 Å². The Balaban J connectivity index is 2.53. The van der Waals surface area contributed by atoms with E-state index in [0.717, 1.165) is 0 Å². The Morgan fingerprint density at radius 3 is 2.93 bits per heavy atom. The zero-order chi connectivity index (χ0) is 11.3. The zero-order valence-corrected chi connectivity index (χ0v) is 8.63. The Labute approximate surface area is 87.5 Å². The Morgan fingerprint density at radius 1 is 1.73 bits per heavy atom. The molecule has 1 heterocycles. The molecule has 0 aromatic carbocycles. The van der Waals surface area contributed by atoms with Crippen molar-refractivity contribution in [3.05, 3.63) is 6.33 Å². The molecule has 1 rings (SSSR count). The van der Waals surface area contributed by atoms with Crippen LogP contribution in [0, 0.1) is 0 Å². The summed E-state index contributed by atoms with van der Waals surface area (Å²) >= 11 is 0. The SMILES string of the molecule is CCN(CCO)C(=O)Cn1cnc(N)n1. The molecule has 0 radical (unpaired) electrons. The third-order valence-electron chi connectivity index (χ3n) is 1.96. The summed E-state index contributed by atoms with van der Waals surface area (Å²) in [6.45, 7) is 2.80. The number of rotatable bonds is 5. The smallest absolute Gasteiger partial charge is 0.244 e. The van der Waals surface area contributed by atoms with Crippen LogP contribution < -0.4 is 5.73 Å². The van der Waals surface area contributed by atoms with Gasteiger partial charge in [-0.25, -0.2) is 9.67 Å². The van der Waals surface area contributed by atoms with Crippen molar-refractivity contribution in [3.8, 4) is 0 Å². The number of likely N-dealkylation sites (N-methyl/N-ethyl adjacent to an activating group) is 1. The number of aliphatic hydroxyl groups excluding tert-OH is 1. The number of hydrogen-bond donors (Lipinski definition) is 2. The van der Waals surface area contributed by atoms with Crippen LogP contribution in [0.15, 0.2) is 6.33 Å². The Morgan fingerprint density at radius 2 is 2.47 bits per heavy atom. The topological polar surface area (TPSA) is 97.3 Å². The number of nitrogen functional groups attached to an aromatic ring is 1. The van der Waals surface area contributed by atoms with E-state index >= 15 is 0 Å². The van der Waals surface area contributed by atoms with Gasteiger partial charge in [0.15, 0.2) is 0 Å². The maximum absolute atomic E-state index is 11.6. The van der Waals surface area contributed by atoms with Gasteiger partial charge in [0, 0.05) is 13.1 Å². The van der Waals surface area contributed by atoms with Crippen LogP contribution in [0.5, 0.6) is 0 Å². The minimum absolute atomic E-state index is 0.0426. The van der Waals surface area contributed by atoms with E-state index in [-0.39, 0.29) is 25.0 Å². The third kappa shape index (κ3) is 3.21. The van der Waals surface area contributed by atoms with Gasteiger partial charge in [0.2, 0.25) is 11.9 Å². The van der Waals surface area contributed by atoms with Crippen molar-refractivity contribution < 1.29 is 9.90 Å². The largest absolute Gasteiger partial charge is 0.395 e. The normalized spacial score (nSPS) is 10.3. The lowest BCUT2D eigenvalue weighted by atomic mass is 10.4. The van der Waals surface area contributed by atoms with Crippen LogP contribution in [-0.4, -0.2) is 50.4 Å². The van der Waals surface area contributed by atoms with Gasteiger partial charge in [0.25, 0.3) is 0 Å². The zero-order valence-electron chi connectivity index (χ0n) is 8.63.